The van der Waals surface area contributed by atoms with E-state index >= 15 is 0 Å². The molecule has 0 unspecified atom stereocenters. The van der Waals surface area contributed by atoms with Gasteiger partial charge in [-0.1, -0.05) is 17.7 Å². The van der Waals surface area contributed by atoms with Crippen LogP contribution in [0.2, 0.25) is 5.02 Å². The molecular weight excluding hydrogens is 295 g/mol. The van der Waals surface area contributed by atoms with Crippen molar-refractivity contribution >= 4 is 23.2 Å². The Kier molecular flexibility index (Phi) is 4.65. The standard InChI is InChI=1S/C15H14ClFN2O2/c1-21-14-4-2-3-11(16)10(14)8-19-15(20)9-5-6-13(18)12(17)7-9/h2-7H,8,18H2,1H3,(H,19,20). The topological polar surface area (TPSA) is 64.3 Å². The summed E-state index contributed by atoms with van der Waals surface area (Å²) in [4.78, 5) is 12.0. The van der Waals surface area contributed by atoms with Crippen LogP contribution in [0, 0.1) is 5.82 Å². The monoisotopic (exact) mass is 308 g/mol. The molecule has 6 heteroatoms. The van der Waals surface area contributed by atoms with Gasteiger partial charge < -0.3 is 15.8 Å². The fourth-order valence-electron chi connectivity index (χ4n) is 1.84. The highest BCUT2D eigenvalue weighted by Gasteiger charge is 2.12. The quantitative estimate of drug-likeness (QED) is 0.853. The van der Waals surface area contributed by atoms with Gasteiger partial charge in [-0.25, -0.2) is 4.39 Å². The molecule has 0 fully saturated rings. The van der Waals surface area contributed by atoms with Crippen LogP contribution in [0.4, 0.5) is 10.1 Å². The number of hydrogen-bond acceptors (Lipinski definition) is 3. The highest BCUT2D eigenvalue weighted by molar-refractivity contribution is 6.31. The van der Waals surface area contributed by atoms with Gasteiger partial charge in [0.25, 0.3) is 5.91 Å². The zero-order chi connectivity index (χ0) is 15.4. The summed E-state index contributed by atoms with van der Waals surface area (Å²) in [6.07, 6.45) is 0. The van der Waals surface area contributed by atoms with Crippen molar-refractivity contribution in [2.75, 3.05) is 12.8 Å². The number of nitrogens with one attached hydrogen (secondary N) is 1. The maximum atomic E-state index is 13.3. The molecule has 21 heavy (non-hydrogen) atoms. The lowest BCUT2D eigenvalue weighted by atomic mass is 10.1. The fraction of sp³-hybridized carbons (Fsp3) is 0.133. The molecule has 2 rings (SSSR count). The highest BCUT2D eigenvalue weighted by Crippen LogP contribution is 2.26. The van der Waals surface area contributed by atoms with Crippen molar-refractivity contribution in [1.29, 1.82) is 0 Å². The van der Waals surface area contributed by atoms with Crippen LogP contribution >= 0.6 is 11.6 Å². The van der Waals surface area contributed by atoms with Crippen LogP contribution in [-0.4, -0.2) is 13.0 Å². The molecule has 0 bridgehead atoms. The van der Waals surface area contributed by atoms with Crippen LogP contribution in [-0.2, 0) is 6.54 Å². The number of halogens is 2. The third kappa shape index (κ3) is 3.44. The van der Waals surface area contributed by atoms with E-state index in [-0.39, 0.29) is 17.8 Å². The number of nitrogen functional groups attached to an aromatic ring is 1. The molecule has 4 nitrogen and oxygen atoms in total. The fourth-order valence-corrected chi connectivity index (χ4v) is 2.07. The van der Waals surface area contributed by atoms with Gasteiger partial charge in [0.2, 0.25) is 0 Å². The van der Waals surface area contributed by atoms with E-state index in [1.807, 2.05) is 0 Å². The molecule has 0 saturated carbocycles. The second-order valence-electron chi connectivity index (χ2n) is 4.34. The summed E-state index contributed by atoms with van der Waals surface area (Å²) in [7, 11) is 1.52. The summed E-state index contributed by atoms with van der Waals surface area (Å²) in [6.45, 7) is 0.174. The number of hydrogen-bond donors (Lipinski definition) is 2. The molecule has 2 aromatic rings. The number of methoxy groups -OCH3 is 1. The number of carbonyl (C=O) groups excluding carboxylic acids is 1. The Morgan fingerprint density at radius 1 is 1.38 bits per heavy atom. The minimum Gasteiger partial charge on any atom is -0.496 e. The molecule has 0 spiro atoms. The predicted octanol–water partition coefficient (Wildman–Crippen LogP) is 3.00. The summed E-state index contributed by atoms with van der Waals surface area (Å²) in [6, 6.07) is 9.10. The Balaban J connectivity index is 2.13. The van der Waals surface area contributed by atoms with Crippen LogP contribution in [0.15, 0.2) is 36.4 Å². The van der Waals surface area contributed by atoms with Gasteiger partial charge in [0.15, 0.2) is 0 Å². The van der Waals surface area contributed by atoms with Gasteiger partial charge in [-0.05, 0) is 30.3 Å². The predicted molar refractivity (Wildman–Crippen MR) is 80.0 cm³/mol. The van der Waals surface area contributed by atoms with E-state index < -0.39 is 11.7 Å². The third-order valence-electron chi connectivity index (χ3n) is 2.98. The normalized spacial score (nSPS) is 10.2. The summed E-state index contributed by atoms with van der Waals surface area (Å²) < 4.78 is 18.5. The molecule has 110 valence electrons. The van der Waals surface area contributed by atoms with E-state index in [0.29, 0.717) is 16.3 Å². The molecule has 0 aromatic heterocycles. The van der Waals surface area contributed by atoms with Gasteiger partial charge in [0.05, 0.1) is 12.8 Å². The number of rotatable bonds is 4. The SMILES string of the molecule is COc1cccc(Cl)c1CNC(=O)c1ccc(N)c(F)c1. The van der Waals surface area contributed by atoms with E-state index in [1.165, 1.54) is 19.2 Å². The van der Waals surface area contributed by atoms with Crippen molar-refractivity contribution in [3.63, 3.8) is 0 Å². The zero-order valence-electron chi connectivity index (χ0n) is 11.3. The number of ether oxygens (including phenoxy) is 1. The van der Waals surface area contributed by atoms with Crippen molar-refractivity contribution in [2.45, 2.75) is 6.54 Å². The van der Waals surface area contributed by atoms with E-state index in [0.717, 1.165) is 6.07 Å². The maximum absolute atomic E-state index is 13.3. The molecule has 0 aliphatic rings. The molecule has 0 heterocycles. The molecule has 0 radical (unpaired) electrons. The lowest BCUT2D eigenvalue weighted by Crippen LogP contribution is -2.23. The van der Waals surface area contributed by atoms with Gasteiger partial charge in [-0.15, -0.1) is 0 Å². The second kappa shape index (κ2) is 6.45. The second-order valence-corrected chi connectivity index (χ2v) is 4.75. The van der Waals surface area contributed by atoms with Crippen molar-refractivity contribution in [3.05, 3.63) is 58.4 Å². The summed E-state index contributed by atoms with van der Waals surface area (Å²) in [5, 5.41) is 3.15. The van der Waals surface area contributed by atoms with Gasteiger partial charge in [0, 0.05) is 22.7 Å². The first kappa shape index (κ1) is 15.1. The van der Waals surface area contributed by atoms with Gasteiger partial charge in [-0.2, -0.15) is 0 Å². The number of amides is 1. The molecule has 2 aromatic carbocycles. The minimum atomic E-state index is -0.627. The Bertz CT molecular complexity index is 677. The van der Waals surface area contributed by atoms with Crippen LogP contribution in [0.25, 0.3) is 0 Å². The number of nitrogens with two attached hydrogens (primary N) is 1. The Morgan fingerprint density at radius 2 is 2.14 bits per heavy atom. The zero-order valence-corrected chi connectivity index (χ0v) is 12.1. The van der Waals surface area contributed by atoms with Crippen molar-refractivity contribution in [3.8, 4) is 5.75 Å². The molecule has 1 amide bonds. The lowest BCUT2D eigenvalue weighted by molar-refractivity contribution is 0.0950. The van der Waals surface area contributed by atoms with Crippen molar-refractivity contribution in [1.82, 2.24) is 5.32 Å². The van der Waals surface area contributed by atoms with Crippen molar-refractivity contribution in [2.24, 2.45) is 0 Å². The third-order valence-corrected chi connectivity index (χ3v) is 3.34. The van der Waals surface area contributed by atoms with Crippen LogP contribution in [0.3, 0.4) is 0 Å². The first-order chi connectivity index (χ1) is 10.0. The van der Waals surface area contributed by atoms with Gasteiger partial charge in [-0.3, -0.25) is 4.79 Å². The summed E-state index contributed by atoms with van der Waals surface area (Å²) in [5.74, 6) is -0.472. The van der Waals surface area contributed by atoms with E-state index in [2.05, 4.69) is 5.32 Å². The lowest BCUT2D eigenvalue weighted by Gasteiger charge is -2.11. The first-order valence-corrected chi connectivity index (χ1v) is 6.55. The first-order valence-electron chi connectivity index (χ1n) is 6.17. The Labute approximate surface area is 126 Å². The van der Waals surface area contributed by atoms with Crippen LogP contribution in [0.1, 0.15) is 15.9 Å². The average molecular weight is 309 g/mol. The maximum Gasteiger partial charge on any atom is 0.251 e. The van der Waals surface area contributed by atoms with E-state index in [1.54, 1.807) is 18.2 Å². The number of anilines is 1. The Hall–Kier alpha value is -2.27. The molecule has 0 saturated heterocycles. The molecule has 0 aliphatic carbocycles. The Morgan fingerprint density at radius 3 is 2.81 bits per heavy atom. The van der Waals surface area contributed by atoms with E-state index in [9.17, 15) is 9.18 Å². The molecular formula is C15H14ClFN2O2. The molecule has 0 atom stereocenters. The van der Waals surface area contributed by atoms with Crippen molar-refractivity contribution < 1.29 is 13.9 Å². The largest absolute Gasteiger partial charge is 0.496 e. The van der Waals surface area contributed by atoms with Gasteiger partial charge in [0.1, 0.15) is 11.6 Å². The van der Waals surface area contributed by atoms with Gasteiger partial charge >= 0.3 is 0 Å². The van der Waals surface area contributed by atoms with E-state index in [4.69, 9.17) is 22.1 Å². The molecule has 0 aliphatic heterocycles. The summed E-state index contributed by atoms with van der Waals surface area (Å²) >= 11 is 6.08. The molecule has 3 N–H and O–H groups in total. The highest BCUT2D eigenvalue weighted by atomic mass is 35.5. The smallest absolute Gasteiger partial charge is 0.251 e. The minimum absolute atomic E-state index is 0.000627. The van der Waals surface area contributed by atoms with Crippen LogP contribution in [0.5, 0.6) is 5.75 Å². The average Bonchev–Trinajstić information content (AvgIpc) is 2.48. The number of carbonyl (C=O) groups is 1. The summed E-state index contributed by atoms with van der Waals surface area (Å²) in [5.41, 5.74) is 6.22. The number of benzene rings is 2. The van der Waals surface area contributed by atoms with Crippen LogP contribution < -0.4 is 15.8 Å².